The minimum absolute atomic E-state index is 0.105. The van der Waals surface area contributed by atoms with Gasteiger partial charge in [0.2, 0.25) is 5.95 Å². The van der Waals surface area contributed by atoms with Crippen molar-refractivity contribution in [1.29, 1.82) is 5.26 Å². The van der Waals surface area contributed by atoms with Crippen molar-refractivity contribution in [2.24, 2.45) is 10.9 Å². The zero-order valence-electron chi connectivity index (χ0n) is 20.1. The number of amidine groups is 1. The molecule has 13 heteroatoms. The molecule has 1 amide bonds. The molecule has 1 aliphatic heterocycles. The summed E-state index contributed by atoms with van der Waals surface area (Å²) < 4.78 is 0. The van der Waals surface area contributed by atoms with E-state index < -0.39 is 17.5 Å². The maximum absolute atomic E-state index is 13.2. The molecule has 190 valence electrons. The van der Waals surface area contributed by atoms with Gasteiger partial charge in [0, 0.05) is 42.3 Å². The summed E-state index contributed by atoms with van der Waals surface area (Å²) in [5.41, 5.74) is 12.3. The first kappa shape index (κ1) is 25.2. The van der Waals surface area contributed by atoms with Crippen LogP contribution in [0, 0.1) is 11.3 Å². The third-order valence-corrected chi connectivity index (χ3v) is 7.79. The number of carboxylic acid groups (broad SMARTS) is 1. The Morgan fingerprint density at radius 3 is 2.89 bits per heavy atom. The van der Waals surface area contributed by atoms with Crippen molar-refractivity contribution in [1.82, 2.24) is 14.9 Å². The predicted molar refractivity (Wildman–Crippen MR) is 134 cm³/mol. The average molecular weight is 513 g/mol. The smallest absolute Gasteiger partial charge is 0.407 e. The van der Waals surface area contributed by atoms with Crippen molar-refractivity contribution in [3.8, 4) is 6.07 Å². The molecule has 36 heavy (non-hydrogen) atoms. The first-order valence-corrected chi connectivity index (χ1v) is 12.4. The maximum Gasteiger partial charge on any atom is 0.407 e. The van der Waals surface area contributed by atoms with Gasteiger partial charge in [0.25, 0.3) is 0 Å². The Bertz CT molecular complexity index is 1260. The molecule has 2 aliphatic rings. The zero-order valence-corrected chi connectivity index (χ0v) is 20.9. The number of aryl methyl sites for hydroxylation is 1. The highest BCUT2D eigenvalue weighted by Crippen LogP contribution is 2.46. The lowest BCUT2D eigenvalue weighted by Crippen LogP contribution is -2.41. The van der Waals surface area contributed by atoms with Crippen LogP contribution in [0.5, 0.6) is 0 Å². The van der Waals surface area contributed by atoms with Crippen molar-refractivity contribution in [3.63, 3.8) is 0 Å². The number of nitrogens with two attached hydrogens (primary N) is 2. The molecule has 0 unspecified atom stereocenters. The molecule has 2 aromatic rings. The lowest BCUT2D eigenvalue weighted by atomic mass is 9.72. The highest BCUT2D eigenvalue weighted by atomic mass is 32.1. The molecule has 1 fully saturated rings. The number of nitrogen functional groups attached to an aromatic ring is 1. The molecule has 2 aromatic heterocycles. The van der Waals surface area contributed by atoms with Crippen LogP contribution in [0.15, 0.2) is 17.4 Å². The number of rotatable bonds is 4. The third kappa shape index (κ3) is 4.64. The SMILES string of the molecule is C[C@H]1CN(C(=O)O)CCCN1c1nccc(/C(N)=N/OC(=O)[C@@]2(C)CCCc3sc(N)c(C#N)c32)n1. The molecule has 0 spiro atoms. The standard InChI is InChI=1S/C23H28N8O4S/c1-13-12-30(22(33)34)9-4-10-31(13)21-27-8-6-15(28-21)18(25)29-35-20(32)23(2)7-3-5-16-17(23)14(11-24)19(26)36-16/h6,8,13H,3-5,7,9-10,12,26H2,1-2H3,(H2,25,29)(H,33,34)/t13-,23-/m0/s1. The first-order valence-electron chi connectivity index (χ1n) is 11.6. The van der Waals surface area contributed by atoms with E-state index in [-0.39, 0.29) is 17.6 Å². The molecule has 12 nitrogen and oxygen atoms in total. The number of anilines is 2. The summed E-state index contributed by atoms with van der Waals surface area (Å²) in [5.74, 6) is -0.343. The van der Waals surface area contributed by atoms with Crippen molar-refractivity contribution >= 4 is 40.2 Å². The largest absolute Gasteiger partial charge is 0.465 e. The summed E-state index contributed by atoms with van der Waals surface area (Å²) >= 11 is 1.33. The van der Waals surface area contributed by atoms with Crippen LogP contribution in [0.1, 0.15) is 54.8 Å². The molecule has 1 saturated heterocycles. The van der Waals surface area contributed by atoms with Crippen molar-refractivity contribution in [2.45, 2.75) is 51.0 Å². The number of hydrogen-bond acceptors (Lipinski definition) is 10. The Labute approximate surface area is 212 Å². The van der Waals surface area contributed by atoms with Crippen molar-refractivity contribution in [2.75, 3.05) is 30.3 Å². The van der Waals surface area contributed by atoms with Gasteiger partial charge >= 0.3 is 12.1 Å². The molecule has 1 aliphatic carbocycles. The van der Waals surface area contributed by atoms with Crippen LogP contribution in [-0.4, -0.2) is 63.5 Å². The van der Waals surface area contributed by atoms with Crippen LogP contribution >= 0.6 is 11.3 Å². The van der Waals surface area contributed by atoms with Gasteiger partial charge in [0.1, 0.15) is 16.8 Å². The normalized spacial score (nSPS) is 22.4. The molecule has 0 radical (unpaired) electrons. The molecule has 4 rings (SSSR count). The van der Waals surface area contributed by atoms with E-state index in [4.69, 9.17) is 16.3 Å². The van der Waals surface area contributed by atoms with E-state index in [1.165, 1.54) is 22.4 Å². The van der Waals surface area contributed by atoms with E-state index in [0.717, 1.165) is 17.7 Å². The van der Waals surface area contributed by atoms with Gasteiger partial charge in [-0.2, -0.15) is 5.26 Å². The Balaban J connectivity index is 1.53. The number of amides is 1. The first-order chi connectivity index (χ1) is 17.2. The number of oxime groups is 1. The second-order valence-corrected chi connectivity index (χ2v) is 10.3. The topological polar surface area (TPSA) is 184 Å². The minimum Gasteiger partial charge on any atom is -0.465 e. The second kappa shape index (κ2) is 9.98. The van der Waals surface area contributed by atoms with Crippen LogP contribution in [0.3, 0.4) is 0 Å². The average Bonchev–Trinajstić information content (AvgIpc) is 3.06. The number of thiophene rings is 1. The highest BCUT2D eigenvalue weighted by molar-refractivity contribution is 7.16. The molecule has 2 atom stereocenters. The van der Waals surface area contributed by atoms with Gasteiger partial charge in [-0.1, -0.05) is 5.16 Å². The van der Waals surface area contributed by atoms with Crippen LogP contribution in [0.4, 0.5) is 15.7 Å². The Hall–Kier alpha value is -3.92. The number of nitriles is 1. The molecule has 3 heterocycles. The molecule has 0 bridgehead atoms. The van der Waals surface area contributed by atoms with Crippen LogP contribution in [0.25, 0.3) is 0 Å². The van der Waals surface area contributed by atoms with Gasteiger partial charge in [-0.25, -0.2) is 19.6 Å². The van der Waals surface area contributed by atoms with Crippen LogP contribution < -0.4 is 16.4 Å². The molecular weight excluding hydrogens is 484 g/mol. The van der Waals surface area contributed by atoms with E-state index in [0.29, 0.717) is 54.6 Å². The van der Waals surface area contributed by atoms with Gasteiger partial charge in [0.05, 0.1) is 11.0 Å². The molecule has 0 aromatic carbocycles. The summed E-state index contributed by atoms with van der Waals surface area (Å²) in [5, 5.41) is 23.2. The van der Waals surface area contributed by atoms with Gasteiger partial charge in [-0.05, 0) is 45.6 Å². The number of carbonyl (C=O) groups excluding carboxylic acids is 1. The Morgan fingerprint density at radius 2 is 2.17 bits per heavy atom. The summed E-state index contributed by atoms with van der Waals surface area (Å²) in [7, 11) is 0. The maximum atomic E-state index is 13.2. The monoisotopic (exact) mass is 512 g/mol. The molecule has 5 N–H and O–H groups in total. The van der Waals surface area contributed by atoms with Crippen LogP contribution in [0.2, 0.25) is 0 Å². The van der Waals surface area contributed by atoms with E-state index >= 15 is 0 Å². The van der Waals surface area contributed by atoms with E-state index in [9.17, 15) is 20.0 Å². The van der Waals surface area contributed by atoms with Crippen molar-refractivity contribution in [3.05, 3.63) is 34.0 Å². The lowest BCUT2D eigenvalue weighted by molar-refractivity contribution is -0.150. The van der Waals surface area contributed by atoms with Gasteiger partial charge in [-0.3, -0.25) is 0 Å². The number of carbonyl (C=O) groups is 2. The summed E-state index contributed by atoms with van der Waals surface area (Å²) in [6.45, 7) is 4.96. The van der Waals surface area contributed by atoms with Crippen molar-refractivity contribution < 1.29 is 19.5 Å². The molecular formula is C23H28N8O4S. The van der Waals surface area contributed by atoms with Gasteiger partial charge < -0.3 is 31.2 Å². The number of nitrogens with zero attached hydrogens (tertiary/aromatic N) is 6. The molecule has 0 saturated carbocycles. The van der Waals surface area contributed by atoms with E-state index in [1.807, 2.05) is 11.8 Å². The zero-order chi connectivity index (χ0) is 26.0. The van der Waals surface area contributed by atoms with Gasteiger partial charge in [-0.15, -0.1) is 11.3 Å². The fraction of sp³-hybridized carbons (Fsp3) is 0.478. The Kier molecular flexibility index (Phi) is 6.98. The van der Waals surface area contributed by atoms with E-state index in [2.05, 4.69) is 21.2 Å². The fourth-order valence-electron chi connectivity index (χ4n) is 4.80. The summed E-state index contributed by atoms with van der Waals surface area (Å²) in [4.78, 5) is 42.8. The number of hydrogen-bond donors (Lipinski definition) is 3. The fourth-order valence-corrected chi connectivity index (χ4v) is 5.99. The summed E-state index contributed by atoms with van der Waals surface area (Å²) in [6.07, 6.45) is 3.20. The second-order valence-electron chi connectivity index (χ2n) is 9.16. The number of fused-ring (bicyclic) bond motifs is 1. The highest BCUT2D eigenvalue weighted by Gasteiger charge is 2.44. The Morgan fingerprint density at radius 1 is 1.39 bits per heavy atom. The quantitative estimate of drug-likeness (QED) is 0.237. The van der Waals surface area contributed by atoms with Gasteiger partial charge in [0.15, 0.2) is 5.84 Å². The lowest BCUT2D eigenvalue weighted by Gasteiger charge is -2.30. The minimum atomic E-state index is -1.06. The number of aromatic nitrogens is 2. The van der Waals surface area contributed by atoms with E-state index in [1.54, 1.807) is 13.0 Å². The predicted octanol–water partition coefficient (Wildman–Crippen LogP) is 2.03. The van der Waals surface area contributed by atoms with Crippen LogP contribution in [-0.2, 0) is 21.5 Å². The third-order valence-electron chi connectivity index (χ3n) is 6.71. The summed E-state index contributed by atoms with van der Waals surface area (Å²) in [6, 6.07) is 3.52.